The molecule has 0 aromatic heterocycles. The normalized spacial score (nSPS) is 14.0. The number of unbranched alkanes of at least 4 members (excludes halogenated alkanes) is 11. The Labute approximate surface area is 185 Å². The Balaban J connectivity index is 0. The van der Waals surface area contributed by atoms with Crippen LogP contribution < -0.4 is 29.6 Å². The van der Waals surface area contributed by atoms with E-state index in [-0.39, 0.29) is 36.0 Å². The zero-order valence-corrected chi connectivity index (χ0v) is 20.4. The molecule has 0 radical (unpaired) electrons. The van der Waals surface area contributed by atoms with Crippen molar-refractivity contribution in [2.24, 2.45) is 0 Å². The Bertz CT molecular complexity index is 387. The molecule has 0 heterocycles. The van der Waals surface area contributed by atoms with Crippen LogP contribution in [-0.2, 0) is 10.1 Å². The Morgan fingerprint density at radius 1 is 0.731 bits per heavy atom. The van der Waals surface area contributed by atoms with Crippen molar-refractivity contribution in [1.29, 1.82) is 0 Å². The summed E-state index contributed by atoms with van der Waals surface area (Å²) >= 11 is 0. The van der Waals surface area contributed by atoms with Crippen LogP contribution >= 0.6 is 0 Å². The van der Waals surface area contributed by atoms with E-state index in [0.717, 1.165) is 12.8 Å². The van der Waals surface area contributed by atoms with E-state index in [9.17, 15) is 18.1 Å². The smallest absolute Gasteiger partial charge is 0.748 e. The van der Waals surface area contributed by atoms with Gasteiger partial charge in [0.2, 0.25) is 0 Å². The van der Waals surface area contributed by atoms with E-state index in [1.807, 2.05) is 6.92 Å². The molecular formula is C20H41NaO4S. The van der Waals surface area contributed by atoms with Crippen molar-refractivity contribution in [1.82, 2.24) is 0 Å². The molecule has 0 fully saturated rings. The first-order valence-corrected chi connectivity index (χ1v) is 12.0. The monoisotopic (exact) mass is 400 g/mol. The van der Waals surface area contributed by atoms with Crippen molar-refractivity contribution >= 4 is 10.1 Å². The van der Waals surface area contributed by atoms with Crippen molar-refractivity contribution in [3.63, 3.8) is 0 Å². The standard InChI is InChI=1S/C20H42O4S.Na/c1-3-5-6-7-8-9-10-11-12-13-14-15-17-19(21)18-20(16-4-2)25(22,23)24;/h19-21H,3-18H2,1-2H3,(H,22,23,24);/q;+1/p-1. The molecule has 6 heteroatoms. The molecule has 0 aliphatic carbocycles. The maximum Gasteiger partial charge on any atom is 1.00 e. The van der Waals surface area contributed by atoms with Gasteiger partial charge in [-0.05, 0) is 19.3 Å². The summed E-state index contributed by atoms with van der Waals surface area (Å²) in [6, 6.07) is 0. The molecule has 0 aromatic rings. The Morgan fingerprint density at radius 2 is 1.15 bits per heavy atom. The molecule has 0 saturated carbocycles. The molecule has 1 N–H and O–H groups in total. The van der Waals surface area contributed by atoms with E-state index in [1.165, 1.54) is 64.2 Å². The molecule has 152 valence electrons. The van der Waals surface area contributed by atoms with Gasteiger partial charge in [0.15, 0.2) is 0 Å². The summed E-state index contributed by atoms with van der Waals surface area (Å²) < 4.78 is 33.5. The van der Waals surface area contributed by atoms with Crippen molar-refractivity contribution in [3.05, 3.63) is 0 Å². The molecule has 0 aliphatic rings. The van der Waals surface area contributed by atoms with Crippen LogP contribution in [0.25, 0.3) is 0 Å². The molecule has 2 atom stereocenters. The number of aliphatic hydroxyl groups excluding tert-OH is 1. The van der Waals surface area contributed by atoms with Gasteiger partial charge < -0.3 is 9.66 Å². The minimum absolute atomic E-state index is 0. The summed E-state index contributed by atoms with van der Waals surface area (Å²) in [5, 5.41) is 9.04. The van der Waals surface area contributed by atoms with Crippen LogP contribution in [0.15, 0.2) is 0 Å². The van der Waals surface area contributed by atoms with E-state index in [1.54, 1.807) is 0 Å². The second kappa shape index (κ2) is 19.2. The van der Waals surface area contributed by atoms with Crippen LogP contribution in [0, 0.1) is 0 Å². The van der Waals surface area contributed by atoms with Gasteiger partial charge in [0.05, 0.1) is 21.5 Å². The first-order valence-electron chi connectivity index (χ1n) is 10.5. The Kier molecular flexibility index (Phi) is 21.5. The molecule has 0 spiro atoms. The largest absolute Gasteiger partial charge is 1.00 e. The summed E-state index contributed by atoms with van der Waals surface area (Å²) in [6.07, 6.45) is 16.2. The molecular weight excluding hydrogens is 359 g/mol. The van der Waals surface area contributed by atoms with Crippen molar-refractivity contribution in [3.8, 4) is 0 Å². The van der Waals surface area contributed by atoms with E-state index in [2.05, 4.69) is 6.92 Å². The third-order valence-corrected chi connectivity index (χ3v) is 6.19. The summed E-state index contributed by atoms with van der Waals surface area (Å²) in [7, 11) is -4.29. The molecule has 0 saturated heterocycles. The zero-order chi connectivity index (χ0) is 19.0. The third kappa shape index (κ3) is 18.2. The fraction of sp³-hybridized carbons (Fsp3) is 1.00. The van der Waals surface area contributed by atoms with Gasteiger partial charge >= 0.3 is 29.6 Å². The van der Waals surface area contributed by atoms with Gasteiger partial charge in [-0.15, -0.1) is 0 Å². The van der Waals surface area contributed by atoms with Crippen molar-refractivity contribution in [2.45, 2.75) is 128 Å². The number of rotatable bonds is 18. The summed E-state index contributed by atoms with van der Waals surface area (Å²) in [5.74, 6) is 0. The Morgan fingerprint density at radius 3 is 1.54 bits per heavy atom. The quantitative estimate of drug-likeness (QED) is 0.218. The number of hydrogen-bond donors (Lipinski definition) is 1. The topological polar surface area (TPSA) is 77.4 Å². The van der Waals surface area contributed by atoms with E-state index in [4.69, 9.17) is 0 Å². The van der Waals surface area contributed by atoms with Gasteiger partial charge in [-0.2, -0.15) is 0 Å². The maximum atomic E-state index is 11.2. The van der Waals surface area contributed by atoms with Crippen LogP contribution in [0.3, 0.4) is 0 Å². The fourth-order valence-electron chi connectivity index (χ4n) is 3.34. The number of aliphatic hydroxyl groups is 1. The van der Waals surface area contributed by atoms with Crippen LogP contribution in [0.4, 0.5) is 0 Å². The molecule has 26 heavy (non-hydrogen) atoms. The first kappa shape index (κ1) is 29.1. The minimum atomic E-state index is -4.29. The SMILES string of the molecule is CCCCCCCCCCCCCCC(O)CC(CCC)S(=O)(=O)[O-].[Na+]. The van der Waals surface area contributed by atoms with Crippen LogP contribution in [0.1, 0.15) is 117 Å². The third-order valence-electron chi connectivity index (χ3n) is 4.94. The molecule has 0 aromatic carbocycles. The van der Waals surface area contributed by atoms with E-state index in [0.29, 0.717) is 19.3 Å². The summed E-state index contributed by atoms with van der Waals surface area (Å²) in [6.45, 7) is 4.10. The molecule has 4 nitrogen and oxygen atoms in total. The molecule has 0 bridgehead atoms. The predicted octanol–water partition coefficient (Wildman–Crippen LogP) is 2.55. The second-order valence-corrected chi connectivity index (χ2v) is 9.12. The van der Waals surface area contributed by atoms with Crippen LogP contribution in [0.5, 0.6) is 0 Å². The second-order valence-electron chi connectivity index (χ2n) is 7.47. The van der Waals surface area contributed by atoms with Crippen LogP contribution in [0.2, 0.25) is 0 Å². The van der Waals surface area contributed by atoms with Gasteiger partial charge in [0.1, 0.15) is 0 Å². The predicted molar refractivity (Wildman–Crippen MR) is 105 cm³/mol. The van der Waals surface area contributed by atoms with Gasteiger partial charge in [0.25, 0.3) is 0 Å². The Hall–Kier alpha value is 0.870. The van der Waals surface area contributed by atoms with Gasteiger partial charge in [-0.3, -0.25) is 0 Å². The average Bonchev–Trinajstić information content (AvgIpc) is 2.54. The maximum absolute atomic E-state index is 11.2. The van der Waals surface area contributed by atoms with Gasteiger partial charge in [-0.1, -0.05) is 97.3 Å². The van der Waals surface area contributed by atoms with Crippen molar-refractivity contribution in [2.75, 3.05) is 0 Å². The zero-order valence-electron chi connectivity index (χ0n) is 17.5. The average molecular weight is 401 g/mol. The van der Waals surface area contributed by atoms with Crippen LogP contribution in [-0.4, -0.2) is 29.4 Å². The minimum Gasteiger partial charge on any atom is -0.748 e. The molecule has 0 aliphatic heterocycles. The number of hydrogen-bond acceptors (Lipinski definition) is 4. The fourth-order valence-corrected chi connectivity index (χ4v) is 4.33. The van der Waals surface area contributed by atoms with E-state index >= 15 is 0 Å². The summed E-state index contributed by atoms with van der Waals surface area (Å²) in [5.41, 5.74) is 0. The summed E-state index contributed by atoms with van der Waals surface area (Å²) in [4.78, 5) is 0. The van der Waals surface area contributed by atoms with Crippen molar-refractivity contribution < 1.29 is 47.6 Å². The van der Waals surface area contributed by atoms with Gasteiger partial charge in [-0.25, -0.2) is 8.42 Å². The van der Waals surface area contributed by atoms with Gasteiger partial charge in [0, 0.05) is 0 Å². The first-order chi connectivity index (χ1) is 11.9. The molecule has 0 amide bonds. The van der Waals surface area contributed by atoms with E-state index < -0.39 is 21.5 Å². The molecule has 0 rings (SSSR count). The molecule has 2 unspecified atom stereocenters.